The molecule has 0 saturated carbocycles. The Kier molecular flexibility index (Phi) is 4.76. The number of thiocyanates is 1. The van der Waals surface area contributed by atoms with Crippen molar-refractivity contribution in [3.8, 4) is 5.40 Å². The van der Waals surface area contributed by atoms with Crippen LogP contribution in [0.2, 0.25) is 0 Å². The third-order valence-corrected chi connectivity index (χ3v) is 1.36. The van der Waals surface area contributed by atoms with Crippen LogP contribution in [0.15, 0.2) is 0 Å². The van der Waals surface area contributed by atoms with E-state index in [0.29, 0.717) is 0 Å². The fourth-order valence-electron chi connectivity index (χ4n) is 0.207. The van der Waals surface area contributed by atoms with Gasteiger partial charge in [0.25, 0.3) is 0 Å². The van der Waals surface area contributed by atoms with E-state index in [1.807, 2.05) is 0 Å². The van der Waals surface area contributed by atoms with Gasteiger partial charge in [-0.05, 0) is 11.8 Å². The molecule has 46 valence electrons. The Bertz CT molecular complexity index is 86.5. The van der Waals surface area contributed by atoms with Gasteiger partial charge in [-0.15, -0.1) is 0 Å². The van der Waals surface area contributed by atoms with E-state index in [9.17, 15) is 0 Å². The van der Waals surface area contributed by atoms with Crippen LogP contribution < -0.4 is 0 Å². The van der Waals surface area contributed by atoms with Crippen LogP contribution >= 0.6 is 11.8 Å². The van der Waals surface area contributed by atoms with E-state index in [2.05, 4.69) is 0 Å². The Morgan fingerprint density at radius 2 is 2.00 bits per heavy atom. The average molecular weight is 133 g/mol. The molecule has 0 fully saturated rings. The van der Waals surface area contributed by atoms with Gasteiger partial charge in [0.15, 0.2) is 0 Å². The minimum atomic E-state index is -0.333. The van der Waals surface area contributed by atoms with Crippen molar-refractivity contribution >= 4 is 11.8 Å². The maximum absolute atomic E-state index is 8.33. The van der Waals surface area contributed by atoms with E-state index < -0.39 is 0 Å². The van der Waals surface area contributed by atoms with Crippen LogP contribution in [0.4, 0.5) is 0 Å². The van der Waals surface area contributed by atoms with Crippen LogP contribution in [0.25, 0.3) is 0 Å². The van der Waals surface area contributed by atoms with Crippen molar-refractivity contribution in [3.63, 3.8) is 0 Å². The van der Waals surface area contributed by atoms with Gasteiger partial charge in [0.05, 0.1) is 18.5 Å². The molecule has 0 rings (SSSR count). The fourth-order valence-corrected chi connectivity index (χ4v) is 0.505. The van der Waals surface area contributed by atoms with Gasteiger partial charge in [0, 0.05) is 0 Å². The molecule has 0 atom stereocenters. The molecule has 0 radical (unpaired) electrons. The highest BCUT2D eigenvalue weighted by molar-refractivity contribution is 8.04. The predicted molar refractivity (Wildman–Crippen MR) is 31.2 cm³/mol. The summed E-state index contributed by atoms with van der Waals surface area (Å²) in [5.41, 5.74) is 0. The van der Waals surface area contributed by atoms with Crippen LogP contribution in [0, 0.1) is 10.7 Å². The van der Waals surface area contributed by atoms with Crippen molar-refractivity contribution in [1.29, 1.82) is 5.26 Å². The molecular weight excluding hydrogens is 126 g/mol. The molecule has 3 nitrogen and oxygen atoms in total. The normalized spacial score (nSPS) is 9.25. The van der Waals surface area contributed by atoms with E-state index in [1.165, 1.54) is 0 Å². The van der Waals surface area contributed by atoms with E-state index in [-0.39, 0.29) is 18.5 Å². The Morgan fingerprint density at radius 3 is 2.12 bits per heavy atom. The minimum Gasteiger partial charge on any atom is -0.395 e. The first kappa shape index (κ1) is 7.76. The van der Waals surface area contributed by atoms with Gasteiger partial charge in [-0.2, -0.15) is 5.26 Å². The largest absolute Gasteiger partial charge is 0.395 e. The molecule has 0 aliphatic rings. The van der Waals surface area contributed by atoms with E-state index in [1.54, 1.807) is 5.40 Å². The summed E-state index contributed by atoms with van der Waals surface area (Å²) in [6, 6.07) is 0. The highest BCUT2D eigenvalue weighted by Crippen LogP contribution is 2.05. The van der Waals surface area contributed by atoms with Crippen molar-refractivity contribution in [2.75, 3.05) is 13.2 Å². The van der Waals surface area contributed by atoms with Crippen molar-refractivity contribution < 1.29 is 10.2 Å². The molecule has 0 aromatic carbocycles. The van der Waals surface area contributed by atoms with Gasteiger partial charge < -0.3 is 10.2 Å². The number of hydrogen-bond acceptors (Lipinski definition) is 4. The monoisotopic (exact) mass is 133 g/mol. The van der Waals surface area contributed by atoms with Crippen molar-refractivity contribution in [2.24, 2.45) is 0 Å². The van der Waals surface area contributed by atoms with Gasteiger partial charge in [-0.1, -0.05) is 0 Å². The fraction of sp³-hybridized carbons (Fsp3) is 0.750. The van der Waals surface area contributed by atoms with Gasteiger partial charge in [-0.25, -0.2) is 0 Å². The lowest BCUT2D eigenvalue weighted by molar-refractivity contribution is 0.229. The smallest absolute Gasteiger partial charge is 0.133 e. The van der Waals surface area contributed by atoms with Crippen molar-refractivity contribution in [2.45, 2.75) is 5.25 Å². The lowest BCUT2D eigenvalue weighted by Gasteiger charge is -2.01. The second-order valence-corrected chi connectivity index (χ2v) is 2.28. The summed E-state index contributed by atoms with van der Waals surface area (Å²) in [4.78, 5) is 0. The average Bonchev–Trinajstić information content (AvgIpc) is 1.83. The number of thioether (sulfide) groups is 1. The quantitative estimate of drug-likeness (QED) is 0.512. The van der Waals surface area contributed by atoms with Crippen LogP contribution in [-0.4, -0.2) is 28.7 Å². The second kappa shape index (κ2) is 4.91. The molecule has 2 N–H and O–H groups in total. The molecule has 0 aromatic rings. The summed E-state index contributed by atoms with van der Waals surface area (Å²) >= 11 is 0.882. The zero-order valence-corrected chi connectivity index (χ0v) is 5.06. The summed E-state index contributed by atoms with van der Waals surface area (Å²) in [6.07, 6.45) is 0. The standard InChI is InChI=1S/C4H7NO2S/c5-3-8-4(1-6)2-7/h4,6-7H,1-2H2. The molecule has 0 saturated heterocycles. The van der Waals surface area contributed by atoms with Gasteiger partial charge in [-0.3, -0.25) is 0 Å². The van der Waals surface area contributed by atoms with Gasteiger partial charge >= 0.3 is 0 Å². The lowest BCUT2D eigenvalue weighted by atomic mass is 10.5. The zero-order valence-electron chi connectivity index (χ0n) is 4.24. The molecule has 0 spiro atoms. The SMILES string of the molecule is N#CSC(CO)CO. The third-order valence-electron chi connectivity index (χ3n) is 0.627. The Labute approximate surface area is 51.9 Å². The molecule has 0 aliphatic heterocycles. The lowest BCUT2D eigenvalue weighted by Crippen LogP contribution is -2.11. The molecule has 0 bridgehead atoms. The Morgan fingerprint density at radius 1 is 1.50 bits per heavy atom. The molecule has 0 amide bonds. The van der Waals surface area contributed by atoms with Crippen LogP contribution in [0.5, 0.6) is 0 Å². The highest BCUT2D eigenvalue weighted by Gasteiger charge is 2.03. The van der Waals surface area contributed by atoms with Gasteiger partial charge in [0.2, 0.25) is 0 Å². The van der Waals surface area contributed by atoms with Gasteiger partial charge in [0.1, 0.15) is 5.40 Å². The van der Waals surface area contributed by atoms with Crippen LogP contribution in [-0.2, 0) is 0 Å². The first-order valence-corrected chi connectivity index (χ1v) is 2.99. The summed E-state index contributed by atoms with van der Waals surface area (Å²) in [5.74, 6) is 0. The number of nitrogens with zero attached hydrogens (tertiary/aromatic N) is 1. The number of rotatable bonds is 3. The molecular formula is C4H7NO2S. The number of aliphatic hydroxyl groups is 2. The van der Waals surface area contributed by atoms with Crippen LogP contribution in [0.1, 0.15) is 0 Å². The van der Waals surface area contributed by atoms with E-state index in [0.717, 1.165) is 11.8 Å². The first-order valence-electron chi connectivity index (χ1n) is 2.11. The number of hydrogen-bond donors (Lipinski definition) is 2. The molecule has 8 heavy (non-hydrogen) atoms. The van der Waals surface area contributed by atoms with E-state index in [4.69, 9.17) is 15.5 Å². The summed E-state index contributed by atoms with van der Waals surface area (Å²) < 4.78 is 0. The molecule has 0 aromatic heterocycles. The topological polar surface area (TPSA) is 64.2 Å². The third kappa shape index (κ3) is 2.86. The zero-order chi connectivity index (χ0) is 6.41. The van der Waals surface area contributed by atoms with Crippen molar-refractivity contribution in [3.05, 3.63) is 0 Å². The number of nitriles is 1. The first-order chi connectivity index (χ1) is 3.85. The predicted octanol–water partition coefficient (Wildman–Crippen LogP) is -0.446. The Balaban J connectivity index is 3.25. The summed E-state index contributed by atoms with van der Waals surface area (Å²) in [5, 5.41) is 26.1. The summed E-state index contributed by atoms with van der Waals surface area (Å²) in [6.45, 7) is -0.288. The van der Waals surface area contributed by atoms with Crippen LogP contribution in [0.3, 0.4) is 0 Å². The maximum atomic E-state index is 8.33. The maximum Gasteiger partial charge on any atom is 0.133 e. The van der Waals surface area contributed by atoms with Crippen molar-refractivity contribution in [1.82, 2.24) is 0 Å². The Hall–Kier alpha value is -0.240. The van der Waals surface area contributed by atoms with E-state index >= 15 is 0 Å². The minimum absolute atomic E-state index is 0.144. The highest BCUT2D eigenvalue weighted by atomic mass is 32.2. The number of aliphatic hydroxyl groups excluding tert-OH is 2. The molecule has 0 unspecified atom stereocenters. The molecule has 4 heteroatoms. The summed E-state index contributed by atoms with van der Waals surface area (Å²) in [7, 11) is 0. The second-order valence-electron chi connectivity index (χ2n) is 1.20. The molecule has 0 aliphatic carbocycles. The molecule has 0 heterocycles.